The van der Waals surface area contributed by atoms with E-state index in [9.17, 15) is 4.79 Å². The van der Waals surface area contributed by atoms with Gasteiger partial charge in [-0.2, -0.15) is 0 Å². The molecule has 0 unspecified atom stereocenters. The minimum Gasteiger partial charge on any atom is -0.436 e. The van der Waals surface area contributed by atoms with Gasteiger partial charge in [-0.1, -0.05) is 46.0 Å². The number of azo groups is 1. The minimum atomic E-state index is -1.72. The number of hydrogen-bond acceptors (Lipinski definition) is 3. The molecule has 1 amide bonds. The highest BCUT2D eigenvalue weighted by molar-refractivity contribution is 6.68. The number of alkyl halides is 3. The normalized spacial score (nSPS) is 17.7. The number of nitrogens with zero attached hydrogens (tertiary/aromatic N) is 2. The standard InChI is InChI=1S/C11H15Cl3N2O2/c1-10(2,11(12,13)14)18-9(17)16-15-8-6-4-3-5-7-8/h6H,3-5,7H2,1-2H3. The van der Waals surface area contributed by atoms with Crippen LogP contribution in [0, 0.1) is 0 Å². The van der Waals surface area contributed by atoms with Crippen LogP contribution in [-0.4, -0.2) is 15.5 Å². The third-order valence-electron chi connectivity index (χ3n) is 2.55. The summed E-state index contributed by atoms with van der Waals surface area (Å²) in [7, 11) is 0. The van der Waals surface area contributed by atoms with Gasteiger partial charge in [0.25, 0.3) is 0 Å². The molecular formula is C11H15Cl3N2O2. The first kappa shape index (κ1) is 15.7. The van der Waals surface area contributed by atoms with E-state index in [1.165, 1.54) is 13.8 Å². The van der Waals surface area contributed by atoms with Crippen molar-refractivity contribution in [2.75, 3.05) is 0 Å². The van der Waals surface area contributed by atoms with Crippen molar-refractivity contribution in [3.63, 3.8) is 0 Å². The van der Waals surface area contributed by atoms with Crippen molar-refractivity contribution in [1.82, 2.24) is 0 Å². The summed E-state index contributed by atoms with van der Waals surface area (Å²) in [6, 6.07) is 0. The van der Waals surface area contributed by atoms with Crippen LogP contribution in [0.3, 0.4) is 0 Å². The molecule has 7 heteroatoms. The highest BCUT2D eigenvalue weighted by atomic mass is 35.6. The molecule has 0 heterocycles. The molecule has 1 rings (SSSR count). The van der Waals surface area contributed by atoms with E-state index >= 15 is 0 Å². The summed E-state index contributed by atoms with van der Waals surface area (Å²) < 4.78 is 3.25. The molecule has 4 nitrogen and oxygen atoms in total. The molecular weight excluding hydrogens is 298 g/mol. The number of carbonyl (C=O) groups excluding carboxylic acids is 1. The molecule has 1 aliphatic rings. The Morgan fingerprint density at radius 1 is 1.33 bits per heavy atom. The maximum Gasteiger partial charge on any atom is 0.453 e. The second-order valence-electron chi connectivity index (χ2n) is 4.52. The van der Waals surface area contributed by atoms with Gasteiger partial charge in [0, 0.05) is 0 Å². The number of carbonyl (C=O) groups is 1. The van der Waals surface area contributed by atoms with Crippen molar-refractivity contribution in [3.05, 3.63) is 11.8 Å². The third kappa shape index (κ3) is 4.75. The maximum atomic E-state index is 11.5. The Morgan fingerprint density at radius 2 is 2.00 bits per heavy atom. The Balaban J connectivity index is 2.56. The summed E-state index contributed by atoms with van der Waals surface area (Å²) in [5.41, 5.74) is -0.473. The van der Waals surface area contributed by atoms with Gasteiger partial charge in [0.05, 0.1) is 5.70 Å². The molecule has 0 N–H and O–H groups in total. The highest BCUT2D eigenvalue weighted by Gasteiger charge is 2.44. The first-order valence-electron chi connectivity index (χ1n) is 5.63. The summed E-state index contributed by atoms with van der Waals surface area (Å²) in [4.78, 5) is 11.5. The van der Waals surface area contributed by atoms with E-state index in [-0.39, 0.29) is 0 Å². The predicted octanol–water partition coefficient (Wildman–Crippen LogP) is 5.18. The average molecular weight is 314 g/mol. The van der Waals surface area contributed by atoms with Gasteiger partial charge in [0.2, 0.25) is 3.79 Å². The third-order valence-corrected chi connectivity index (χ3v) is 3.92. The van der Waals surface area contributed by atoms with Crippen molar-refractivity contribution in [3.8, 4) is 0 Å². The second kappa shape index (κ2) is 6.22. The summed E-state index contributed by atoms with van der Waals surface area (Å²) in [5.74, 6) is 0. The van der Waals surface area contributed by atoms with E-state index in [0.717, 1.165) is 31.4 Å². The Kier molecular flexibility index (Phi) is 5.44. The predicted molar refractivity (Wildman–Crippen MR) is 72.3 cm³/mol. The molecule has 0 aliphatic heterocycles. The molecule has 0 atom stereocenters. The molecule has 0 spiro atoms. The van der Waals surface area contributed by atoms with Gasteiger partial charge in [-0.3, -0.25) is 0 Å². The molecule has 0 aromatic carbocycles. The summed E-state index contributed by atoms with van der Waals surface area (Å²) >= 11 is 17.1. The van der Waals surface area contributed by atoms with E-state index in [1.54, 1.807) is 0 Å². The van der Waals surface area contributed by atoms with Gasteiger partial charge < -0.3 is 4.74 Å². The van der Waals surface area contributed by atoms with Gasteiger partial charge in [0.1, 0.15) is 0 Å². The lowest BCUT2D eigenvalue weighted by molar-refractivity contribution is 0.0477. The fourth-order valence-corrected chi connectivity index (χ4v) is 1.43. The van der Waals surface area contributed by atoms with Crippen molar-refractivity contribution < 1.29 is 9.53 Å². The van der Waals surface area contributed by atoms with Crippen LogP contribution in [-0.2, 0) is 4.74 Å². The molecule has 18 heavy (non-hydrogen) atoms. The lowest BCUT2D eigenvalue weighted by Crippen LogP contribution is -2.40. The van der Waals surface area contributed by atoms with Crippen molar-refractivity contribution >= 4 is 40.9 Å². The first-order valence-corrected chi connectivity index (χ1v) is 6.76. The van der Waals surface area contributed by atoms with E-state index in [4.69, 9.17) is 39.5 Å². The van der Waals surface area contributed by atoms with Crippen LogP contribution in [0.4, 0.5) is 4.79 Å². The van der Waals surface area contributed by atoms with Crippen LogP contribution in [0.1, 0.15) is 39.5 Å². The van der Waals surface area contributed by atoms with Crippen molar-refractivity contribution in [2.24, 2.45) is 10.2 Å². The fraction of sp³-hybridized carbons (Fsp3) is 0.727. The lowest BCUT2D eigenvalue weighted by Gasteiger charge is -2.30. The van der Waals surface area contributed by atoms with Crippen LogP contribution in [0.5, 0.6) is 0 Å². The zero-order valence-corrected chi connectivity index (χ0v) is 12.5. The van der Waals surface area contributed by atoms with Gasteiger partial charge in [-0.25, -0.2) is 4.79 Å². The van der Waals surface area contributed by atoms with Crippen LogP contribution in [0.25, 0.3) is 0 Å². The fourth-order valence-electron chi connectivity index (χ4n) is 1.31. The first-order chi connectivity index (χ1) is 8.22. The van der Waals surface area contributed by atoms with Crippen LogP contribution < -0.4 is 0 Å². The van der Waals surface area contributed by atoms with Crippen molar-refractivity contribution in [2.45, 2.75) is 48.9 Å². The number of hydrogen-bond donors (Lipinski definition) is 0. The number of allylic oxidation sites excluding steroid dienone is 2. The van der Waals surface area contributed by atoms with E-state index < -0.39 is 15.5 Å². The smallest absolute Gasteiger partial charge is 0.436 e. The minimum absolute atomic E-state index is 0.796. The van der Waals surface area contributed by atoms with Crippen LogP contribution in [0.15, 0.2) is 22.0 Å². The van der Waals surface area contributed by atoms with Crippen LogP contribution in [0.2, 0.25) is 0 Å². The molecule has 0 aromatic rings. The van der Waals surface area contributed by atoms with Gasteiger partial charge in [0.15, 0.2) is 5.60 Å². The largest absolute Gasteiger partial charge is 0.453 e. The molecule has 0 saturated carbocycles. The topological polar surface area (TPSA) is 51.0 Å². The lowest BCUT2D eigenvalue weighted by atomic mass is 10.1. The molecule has 0 radical (unpaired) electrons. The number of amides is 1. The highest BCUT2D eigenvalue weighted by Crippen LogP contribution is 2.40. The van der Waals surface area contributed by atoms with Gasteiger partial charge in [-0.15, -0.1) is 5.11 Å². The molecule has 1 aliphatic carbocycles. The Bertz CT molecular complexity index is 373. The van der Waals surface area contributed by atoms with E-state index in [0.29, 0.717) is 0 Å². The number of halogens is 3. The van der Waals surface area contributed by atoms with Crippen LogP contribution >= 0.6 is 34.8 Å². The monoisotopic (exact) mass is 312 g/mol. The number of rotatable bonds is 2. The Hall–Kier alpha value is -0.320. The molecule has 0 saturated heterocycles. The average Bonchev–Trinajstić information content (AvgIpc) is 2.26. The van der Waals surface area contributed by atoms with Gasteiger partial charge in [-0.05, 0) is 39.5 Å². The molecule has 0 bridgehead atoms. The zero-order chi connectivity index (χ0) is 13.8. The quantitative estimate of drug-likeness (QED) is 0.521. The SMILES string of the molecule is CC(C)(OC(=O)N=NC1=CCCCC1)C(Cl)(Cl)Cl. The Labute approximate surface area is 121 Å². The molecule has 0 fully saturated rings. The molecule has 0 aromatic heterocycles. The zero-order valence-electron chi connectivity index (χ0n) is 10.3. The number of ether oxygens (including phenoxy) is 1. The maximum absolute atomic E-state index is 11.5. The second-order valence-corrected chi connectivity index (χ2v) is 6.80. The summed E-state index contributed by atoms with van der Waals surface area (Å²) in [6.45, 7) is 2.99. The summed E-state index contributed by atoms with van der Waals surface area (Å²) in [5, 5.41) is 7.30. The van der Waals surface area contributed by atoms with Gasteiger partial charge >= 0.3 is 6.09 Å². The summed E-state index contributed by atoms with van der Waals surface area (Å²) in [6.07, 6.45) is 5.08. The van der Waals surface area contributed by atoms with Crippen molar-refractivity contribution in [1.29, 1.82) is 0 Å². The molecule has 102 valence electrons. The van der Waals surface area contributed by atoms with E-state index in [1.807, 2.05) is 6.08 Å². The Morgan fingerprint density at radius 3 is 2.50 bits per heavy atom. The van der Waals surface area contributed by atoms with E-state index in [2.05, 4.69) is 10.2 Å².